The van der Waals surface area contributed by atoms with Crippen LogP contribution in [0.5, 0.6) is 0 Å². The second-order valence-electron chi connectivity index (χ2n) is 7.21. The van der Waals surface area contributed by atoms with Crippen molar-refractivity contribution in [2.24, 2.45) is 5.73 Å². The van der Waals surface area contributed by atoms with E-state index in [2.05, 4.69) is 5.32 Å². The molecule has 1 aliphatic rings. The van der Waals surface area contributed by atoms with Gasteiger partial charge in [0, 0.05) is 6.92 Å². The van der Waals surface area contributed by atoms with Crippen molar-refractivity contribution in [3.8, 4) is 0 Å². The number of hydrogen-bond donors (Lipinski definition) is 9. The van der Waals surface area contributed by atoms with Gasteiger partial charge in [0.25, 0.3) is 0 Å². The summed E-state index contributed by atoms with van der Waals surface area (Å²) < 4.78 is 16.3. The molecule has 0 saturated carbocycles. The Hall–Kier alpha value is -1.46. The first-order chi connectivity index (χ1) is 14.5. The Bertz CT molecular complexity index is 579. The van der Waals surface area contributed by atoms with Crippen molar-refractivity contribution in [2.75, 3.05) is 19.8 Å². The summed E-state index contributed by atoms with van der Waals surface area (Å²) >= 11 is 0. The Kier molecular flexibility index (Phi) is 11.2. The van der Waals surface area contributed by atoms with E-state index in [9.17, 15) is 45.3 Å². The molecule has 14 heteroatoms. The first kappa shape index (κ1) is 27.6. The Morgan fingerprint density at radius 3 is 2.19 bits per heavy atom. The van der Waals surface area contributed by atoms with Gasteiger partial charge in [-0.3, -0.25) is 4.79 Å². The summed E-state index contributed by atoms with van der Waals surface area (Å²) in [6.07, 6.45) is -12.4. The number of amides is 1. The molecule has 0 aromatic rings. The predicted octanol–water partition coefficient (Wildman–Crippen LogP) is -5.15. The van der Waals surface area contributed by atoms with Crippen LogP contribution in [-0.4, -0.2) is 129 Å². The molecule has 14 nitrogen and oxygen atoms in total. The van der Waals surface area contributed by atoms with Crippen LogP contribution in [0.3, 0.4) is 0 Å². The van der Waals surface area contributed by atoms with Crippen LogP contribution in [0.2, 0.25) is 0 Å². The van der Waals surface area contributed by atoms with Crippen LogP contribution in [0.1, 0.15) is 13.8 Å². The molecule has 1 fully saturated rings. The molecule has 0 aromatic heterocycles. The van der Waals surface area contributed by atoms with Gasteiger partial charge in [-0.05, 0) is 6.92 Å². The van der Waals surface area contributed by atoms with Crippen LogP contribution in [-0.2, 0) is 23.8 Å². The number of carboxylic acid groups (broad SMARTS) is 1. The number of carbonyl (C=O) groups is 2. The molecule has 1 amide bonds. The lowest BCUT2D eigenvalue weighted by atomic mass is 9.96. The molecule has 0 aromatic carbocycles. The van der Waals surface area contributed by atoms with Crippen molar-refractivity contribution in [3.05, 3.63) is 0 Å². The van der Waals surface area contributed by atoms with E-state index >= 15 is 0 Å². The second kappa shape index (κ2) is 12.5. The molecule has 10 unspecified atom stereocenters. The maximum atomic E-state index is 11.5. The Morgan fingerprint density at radius 1 is 1.13 bits per heavy atom. The Morgan fingerprint density at radius 2 is 1.74 bits per heavy atom. The fourth-order valence-corrected chi connectivity index (χ4v) is 3.06. The van der Waals surface area contributed by atoms with E-state index in [4.69, 9.17) is 19.9 Å². The lowest BCUT2D eigenvalue weighted by molar-refractivity contribution is -0.300. The summed E-state index contributed by atoms with van der Waals surface area (Å²) in [5.74, 6) is -2.01. The van der Waals surface area contributed by atoms with Crippen LogP contribution < -0.4 is 11.1 Å². The minimum Gasteiger partial charge on any atom is -0.479 e. The fourth-order valence-electron chi connectivity index (χ4n) is 3.06. The zero-order valence-electron chi connectivity index (χ0n) is 17.1. The molecule has 10 N–H and O–H groups in total. The standard InChI is InChI=1S/C17H32N2O12/c1-6(16(27)28)29-14(8(3-20)19-7(2)23)15(9(24)4-21)31-17-11(18)13(26)12(25)10(5-22)30-17/h6,8-15,17,20-22,24-26H,3-5,18H2,1-2H3,(H,19,23)(H,27,28). The summed E-state index contributed by atoms with van der Waals surface area (Å²) in [5.41, 5.74) is 5.82. The zero-order chi connectivity index (χ0) is 23.9. The maximum absolute atomic E-state index is 11.5. The number of aliphatic carboxylic acids is 1. The number of aliphatic hydroxyl groups is 6. The number of carbonyl (C=O) groups excluding carboxylic acids is 1. The number of ether oxygens (including phenoxy) is 3. The van der Waals surface area contributed by atoms with Crippen LogP contribution in [0.15, 0.2) is 0 Å². The van der Waals surface area contributed by atoms with Crippen molar-refractivity contribution in [2.45, 2.75) is 74.9 Å². The average molecular weight is 456 g/mol. The SMILES string of the molecule is CC(=O)NC(CO)C(OC(C)C(=O)O)C(OC1OC(CO)C(O)C(O)C1N)C(O)CO. The molecule has 1 saturated heterocycles. The third-order valence-electron chi connectivity index (χ3n) is 4.80. The summed E-state index contributed by atoms with van der Waals surface area (Å²) in [4.78, 5) is 22.8. The van der Waals surface area contributed by atoms with Crippen molar-refractivity contribution in [1.82, 2.24) is 5.32 Å². The number of rotatable bonds is 12. The predicted molar refractivity (Wildman–Crippen MR) is 100 cm³/mol. The Balaban J connectivity index is 3.27. The monoisotopic (exact) mass is 456 g/mol. The normalized spacial score (nSPS) is 31.3. The summed E-state index contributed by atoms with van der Waals surface area (Å²) in [7, 11) is 0. The number of carboxylic acids is 1. The van der Waals surface area contributed by atoms with Gasteiger partial charge in [0.2, 0.25) is 5.91 Å². The molecular weight excluding hydrogens is 424 g/mol. The van der Waals surface area contributed by atoms with E-state index in [1.165, 1.54) is 0 Å². The molecule has 0 radical (unpaired) electrons. The molecule has 1 heterocycles. The van der Waals surface area contributed by atoms with Crippen LogP contribution in [0.25, 0.3) is 0 Å². The van der Waals surface area contributed by atoms with Crippen LogP contribution in [0.4, 0.5) is 0 Å². The third kappa shape index (κ3) is 7.28. The quantitative estimate of drug-likeness (QED) is 0.134. The molecular formula is C17H32N2O12. The van der Waals surface area contributed by atoms with Gasteiger partial charge in [-0.25, -0.2) is 4.79 Å². The topological polar surface area (TPSA) is 241 Å². The molecule has 31 heavy (non-hydrogen) atoms. The van der Waals surface area contributed by atoms with Crippen molar-refractivity contribution < 1.29 is 59.5 Å². The van der Waals surface area contributed by atoms with Gasteiger partial charge < -0.3 is 61.0 Å². The van der Waals surface area contributed by atoms with Gasteiger partial charge in [0.15, 0.2) is 12.4 Å². The first-order valence-electron chi connectivity index (χ1n) is 9.57. The van der Waals surface area contributed by atoms with E-state index in [0.29, 0.717) is 0 Å². The molecule has 0 spiro atoms. The van der Waals surface area contributed by atoms with Crippen LogP contribution >= 0.6 is 0 Å². The fraction of sp³-hybridized carbons (Fsp3) is 0.882. The summed E-state index contributed by atoms with van der Waals surface area (Å²) in [5, 5.41) is 70.3. The van der Waals surface area contributed by atoms with Gasteiger partial charge >= 0.3 is 5.97 Å². The molecule has 0 bridgehead atoms. The van der Waals surface area contributed by atoms with Gasteiger partial charge in [-0.1, -0.05) is 0 Å². The molecule has 0 aliphatic carbocycles. The Labute approximate surface area is 178 Å². The minimum absolute atomic E-state index is 0.614. The van der Waals surface area contributed by atoms with E-state index in [1.54, 1.807) is 0 Å². The number of nitrogens with two attached hydrogens (primary N) is 1. The first-order valence-corrected chi connectivity index (χ1v) is 9.57. The smallest absolute Gasteiger partial charge is 0.332 e. The largest absolute Gasteiger partial charge is 0.479 e. The summed E-state index contributed by atoms with van der Waals surface area (Å²) in [6.45, 7) is -0.0835. The lowest BCUT2D eigenvalue weighted by Gasteiger charge is -2.44. The highest BCUT2D eigenvalue weighted by molar-refractivity contribution is 5.73. The minimum atomic E-state index is -1.74. The molecule has 1 rings (SSSR count). The zero-order valence-corrected chi connectivity index (χ0v) is 17.1. The molecule has 1 aliphatic heterocycles. The average Bonchev–Trinajstić information content (AvgIpc) is 2.73. The summed E-state index contributed by atoms with van der Waals surface area (Å²) in [6, 6.07) is -2.66. The van der Waals surface area contributed by atoms with Crippen LogP contribution in [0, 0.1) is 0 Å². The van der Waals surface area contributed by atoms with Crippen molar-refractivity contribution >= 4 is 11.9 Å². The number of hydrogen-bond acceptors (Lipinski definition) is 12. The second-order valence-corrected chi connectivity index (χ2v) is 7.21. The number of aliphatic hydroxyl groups excluding tert-OH is 6. The third-order valence-corrected chi connectivity index (χ3v) is 4.80. The van der Waals surface area contributed by atoms with Crippen molar-refractivity contribution in [1.29, 1.82) is 0 Å². The molecule has 182 valence electrons. The van der Waals surface area contributed by atoms with Gasteiger partial charge in [-0.15, -0.1) is 0 Å². The highest BCUT2D eigenvalue weighted by Gasteiger charge is 2.47. The van der Waals surface area contributed by atoms with Gasteiger partial charge in [-0.2, -0.15) is 0 Å². The highest BCUT2D eigenvalue weighted by Crippen LogP contribution is 2.25. The highest BCUT2D eigenvalue weighted by atomic mass is 16.7. The van der Waals surface area contributed by atoms with E-state index in [1.807, 2.05) is 0 Å². The maximum Gasteiger partial charge on any atom is 0.332 e. The van der Waals surface area contributed by atoms with Gasteiger partial charge in [0.1, 0.15) is 36.6 Å². The van der Waals surface area contributed by atoms with Crippen molar-refractivity contribution in [3.63, 3.8) is 0 Å². The lowest BCUT2D eigenvalue weighted by Crippen LogP contribution is -2.65. The van der Waals surface area contributed by atoms with Gasteiger partial charge in [0.05, 0.1) is 31.9 Å². The number of nitrogens with one attached hydrogen (secondary N) is 1. The van der Waals surface area contributed by atoms with E-state index < -0.39 is 92.8 Å². The van der Waals surface area contributed by atoms with E-state index in [0.717, 1.165) is 13.8 Å². The van der Waals surface area contributed by atoms with E-state index in [-0.39, 0.29) is 0 Å². The molecule has 10 atom stereocenters.